The minimum atomic E-state index is 0.499. The lowest BCUT2D eigenvalue weighted by Crippen LogP contribution is -1.91. The molecule has 0 aliphatic heterocycles. The lowest BCUT2D eigenvalue weighted by atomic mass is 9.98. The minimum absolute atomic E-state index is 0.499. The van der Waals surface area contributed by atoms with Gasteiger partial charge in [-0.05, 0) is 41.7 Å². The molecular formula is C19H21N3S. The van der Waals surface area contributed by atoms with E-state index in [1.54, 1.807) is 17.5 Å². The molecular weight excluding hydrogens is 302 g/mol. The summed E-state index contributed by atoms with van der Waals surface area (Å²) in [6.45, 7) is 6.56. The van der Waals surface area contributed by atoms with E-state index in [4.69, 9.17) is 10.7 Å². The first-order valence-corrected chi connectivity index (χ1v) is 8.72. The summed E-state index contributed by atoms with van der Waals surface area (Å²) in [6, 6.07) is 12.6. The molecule has 3 rings (SSSR count). The Morgan fingerprint density at radius 1 is 1.13 bits per heavy atom. The van der Waals surface area contributed by atoms with Gasteiger partial charge in [0.05, 0.1) is 15.6 Å². The third-order valence-corrected chi connectivity index (χ3v) is 5.09. The van der Waals surface area contributed by atoms with Crippen molar-refractivity contribution < 1.29 is 0 Å². The van der Waals surface area contributed by atoms with Gasteiger partial charge in [0.25, 0.3) is 0 Å². The molecule has 0 spiro atoms. The molecule has 23 heavy (non-hydrogen) atoms. The lowest BCUT2D eigenvalue weighted by molar-refractivity contribution is 0.867. The van der Waals surface area contributed by atoms with Crippen molar-refractivity contribution >= 4 is 17.2 Å². The zero-order valence-electron chi connectivity index (χ0n) is 13.7. The fourth-order valence-electron chi connectivity index (χ4n) is 2.54. The fraction of sp³-hybridized carbons (Fsp3) is 0.263. The molecule has 2 N–H and O–H groups in total. The second-order valence-corrected chi connectivity index (χ2v) is 6.97. The zero-order chi connectivity index (χ0) is 16.4. The second kappa shape index (κ2) is 6.50. The van der Waals surface area contributed by atoms with Crippen molar-refractivity contribution in [2.45, 2.75) is 33.1 Å². The van der Waals surface area contributed by atoms with E-state index >= 15 is 0 Å². The van der Waals surface area contributed by atoms with Gasteiger partial charge in [-0.1, -0.05) is 39.0 Å². The molecule has 0 amide bonds. The Bertz CT molecular complexity index is 821. The molecule has 0 fully saturated rings. The summed E-state index contributed by atoms with van der Waals surface area (Å²) in [5.41, 5.74) is 10.5. The van der Waals surface area contributed by atoms with E-state index < -0.39 is 0 Å². The standard InChI is InChI=1S/C19H21N3S/c1-4-17-22-18(14-7-5-6-13(10-14)12(2)3)19(23-17)15-8-9-21-16(20)11-15/h5-12H,4H2,1-3H3,(H2,20,21). The Morgan fingerprint density at radius 3 is 2.65 bits per heavy atom. The van der Waals surface area contributed by atoms with Crippen LogP contribution in [0.3, 0.4) is 0 Å². The van der Waals surface area contributed by atoms with Crippen LogP contribution >= 0.6 is 11.3 Å². The topological polar surface area (TPSA) is 51.8 Å². The number of aromatic nitrogens is 2. The van der Waals surface area contributed by atoms with Crippen molar-refractivity contribution in [3.8, 4) is 21.7 Å². The Balaban J connectivity index is 2.16. The van der Waals surface area contributed by atoms with Gasteiger partial charge in [-0.2, -0.15) is 0 Å². The predicted octanol–water partition coefficient (Wildman–Crippen LogP) is 5.14. The van der Waals surface area contributed by atoms with Crippen LogP contribution in [0.2, 0.25) is 0 Å². The average molecular weight is 323 g/mol. The smallest absolute Gasteiger partial charge is 0.123 e. The number of pyridine rings is 1. The number of nitrogen functional groups attached to an aromatic ring is 1. The fourth-order valence-corrected chi connectivity index (χ4v) is 3.56. The molecule has 0 saturated carbocycles. The molecule has 0 atom stereocenters. The van der Waals surface area contributed by atoms with Crippen LogP contribution in [0.15, 0.2) is 42.6 Å². The predicted molar refractivity (Wildman–Crippen MR) is 98.7 cm³/mol. The maximum atomic E-state index is 5.86. The molecule has 0 aliphatic rings. The molecule has 0 unspecified atom stereocenters. The van der Waals surface area contributed by atoms with Gasteiger partial charge in [0, 0.05) is 11.8 Å². The normalized spacial score (nSPS) is 11.1. The monoisotopic (exact) mass is 323 g/mol. The number of aryl methyl sites for hydroxylation is 1. The highest BCUT2D eigenvalue weighted by molar-refractivity contribution is 7.15. The van der Waals surface area contributed by atoms with Gasteiger partial charge in [0.1, 0.15) is 5.82 Å². The van der Waals surface area contributed by atoms with E-state index in [1.165, 1.54) is 5.56 Å². The molecule has 0 aliphatic carbocycles. The first-order valence-electron chi connectivity index (χ1n) is 7.90. The molecule has 0 radical (unpaired) electrons. The van der Waals surface area contributed by atoms with Crippen LogP contribution in [-0.2, 0) is 6.42 Å². The SMILES string of the molecule is CCc1nc(-c2cccc(C(C)C)c2)c(-c2ccnc(N)c2)s1. The quantitative estimate of drug-likeness (QED) is 0.723. The van der Waals surface area contributed by atoms with Crippen molar-refractivity contribution in [3.63, 3.8) is 0 Å². The van der Waals surface area contributed by atoms with E-state index in [1.807, 2.05) is 12.1 Å². The van der Waals surface area contributed by atoms with Crippen LogP contribution in [0.1, 0.15) is 37.3 Å². The third-order valence-electron chi connectivity index (χ3n) is 3.84. The van der Waals surface area contributed by atoms with E-state index in [9.17, 15) is 0 Å². The molecule has 0 saturated heterocycles. The van der Waals surface area contributed by atoms with Gasteiger partial charge in [0.15, 0.2) is 0 Å². The second-order valence-electron chi connectivity index (χ2n) is 5.89. The number of nitrogens with zero attached hydrogens (tertiary/aromatic N) is 2. The lowest BCUT2D eigenvalue weighted by Gasteiger charge is -2.08. The highest BCUT2D eigenvalue weighted by Gasteiger charge is 2.15. The molecule has 2 heterocycles. The Morgan fingerprint density at radius 2 is 1.96 bits per heavy atom. The maximum Gasteiger partial charge on any atom is 0.123 e. The summed E-state index contributed by atoms with van der Waals surface area (Å²) < 4.78 is 0. The average Bonchev–Trinajstić information content (AvgIpc) is 2.99. The number of rotatable bonds is 4. The third kappa shape index (κ3) is 3.27. The van der Waals surface area contributed by atoms with Crippen molar-refractivity contribution in [1.29, 1.82) is 0 Å². The van der Waals surface area contributed by atoms with Crippen molar-refractivity contribution in [2.24, 2.45) is 0 Å². The minimum Gasteiger partial charge on any atom is -0.384 e. The highest BCUT2D eigenvalue weighted by Crippen LogP contribution is 2.38. The molecule has 0 bridgehead atoms. The van der Waals surface area contributed by atoms with Crippen molar-refractivity contribution in [3.05, 3.63) is 53.2 Å². The highest BCUT2D eigenvalue weighted by atomic mass is 32.1. The molecule has 4 heteroatoms. The number of hydrogen-bond donors (Lipinski definition) is 1. The van der Waals surface area contributed by atoms with Gasteiger partial charge in [-0.3, -0.25) is 0 Å². The number of benzene rings is 1. The largest absolute Gasteiger partial charge is 0.384 e. The van der Waals surface area contributed by atoms with Gasteiger partial charge in [-0.15, -0.1) is 11.3 Å². The van der Waals surface area contributed by atoms with Gasteiger partial charge < -0.3 is 5.73 Å². The molecule has 1 aromatic carbocycles. The Kier molecular flexibility index (Phi) is 4.44. The maximum absolute atomic E-state index is 5.86. The summed E-state index contributed by atoms with van der Waals surface area (Å²) in [4.78, 5) is 10.1. The molecule has 2 aromatic heterocycles. The summed E-state index contributed by atoms with van der Waals surface area (Å²) in [5.74, 6) is 1.04. The van der Waals surface area contributed by atoms with Crippen molar-refractivity contribution in [2.75, 3.05) is 5.73 Å². The Hall–Kier alpha value is -2.20. The molecule has 118 valence electrons. The molecule has 3 aromatic rings. The number of nitrogens with two attached hydrogens (primary N) is 1. The summed E-state index contributed by atoms with van der Waals surface area (Å²) in [7, 11) is 0. The van der Waals surface area contributed by atoms with Crippen LogP contribution in [0, 0.1) is 0 Å². The first-order chi connectivity index (χ1) is 11.1. The van der Waals surface area contributed by atoms with E-state index in [0.717, 1.165) is 33.1 Å². The van der Waals surface area contributed by atoms with E-state index in [2.05, 4.69) is 50.0 Å². The van der Waals surface area contributed by atoms with Gasteiger partial charge in [-0.25, -0.2) is 9.97 Å². The summed E-state index contributed by atoms with van der Waals surface area (Å²) in [6.07, 6.45) is 2.69. The number of anilines is 1. The van der Waals surface area contributed by atoms with Crippen molar-refractivity contribution in [1.82, 2.24) is 9.97 Å². The number of thiazole rings is 1. The number of hydrogen-bond acceptors (Lipinski definition) is 4. The summed E-state index contributed by atoms with van der Waals surface area (Å²) in [5, 5.41) is 1.14. The Labute approximate surface area is 141 Å². The van der Waals surface area contributed by atoms with E-state index in [-0.39, 0.29) is 0 Å². The zero-order valence-corrected chi connectivity index (χ0v) is 14.5. The van der Waals surface area contributed by atoms with Gasteiger partial charge >= 0.3 is 0 Å². The summed E-state index contributed by atoms with van der Waals surface area (Å²) >= 11 is 1.74. The van der Waals surface area contributed by atoms with Gasteiger partial charge in [0.2, 0.25) is 0 Å². The van der Waals surface area contributed by atoms with Crippen LogP contribution in [-0.4, -0.2) is 9.97 Å². The molecule has 3 nitrogen and oxygen atoms in total. The van der Waals surface area contributed by atoms with E-state index in [0.29, 0.717) is 11.7 Å². The van der Waals surface area contributed by atoms with Crippen LogP contribution in [0.5, 0.6) is 0 Å². The van der Waals surface area contributed by atoms with Crippen LogP contribution < -0.4 is 5.73 Å². The van der Waals surface area contributed by atoms with Crippen LogP contribution in [0.4, 0.5) is 5.82 Å². The first kappa shape index (κ1) is 15.7. The van der Waals surface area contributed by atoms with Crippen LogP contribution in [0.25, 0.3) is 21.7 Å².